The maximum absolute atomic E-state index is 13.6. The van der Waals surface area contributed by atoms with Crippen LogP contribution in [0.3, 0.4) is 0 Å². The van der Waals surface area contributed by atoms with E-state index in [1.165, 1.54) is 11.6 Å². The fourth-order valence-electron chi connectivity index (χ4n) is 2.55. The summed E-state index contributed by atoms with van der Waals surface area (Å²) in [6.07, 6.45) is 0. The van der Waals surface area contributed by atoms with Crippen molar-refractivity contribution in [1.82, 2.24) is 0 Å². The van der Waals surface area contributed by atoms with Gasteiger partial charge in [-0.25, -0.2) is 4.39 Å². The van der Waals surface area contributed by atoms with Gasteiger partial charge in [0.25, 0.3) is 9.04 Å². The molecule has 0 saturated carbocycles. The van der Waals surface area contributed by atoms with Crippen LogP contribution < -0.4 is 9.16 Å². The first-order chi connectivity index (χ1) is 12.0. The molecule has 0 aromatic heterocycles. The van der Waals surface area contributed by atoms with E-state index in [1.54, 1.807) is 24.9 Å². The summed E-state index contributed by atoms with van der Waals surface area (Å²) in [6, 6.07) is 17.0. The molecule has 0 N–H and O–H groups in total. The maximum Gasteiger partial charge on any atom is 0.274 e. The van der Waals surface area contributed by atoms with Gasteiger partial charge in [0.05, 0.1) is 7.11 Å². The van der Waals surface area contributed by atoms with Gasteiger partial charge in [0.1, 0.15) is 17.3 Å². The van der Waals surface area contributed by atoms with E-state index in [0.717, 1.165) is 32.9 Å². The Kier molecular flexibility index (Phi) is 5.66. The SMILES string of the molecule is COc1ccc(CSc2cc(O[Si](C)C)c3cc(F)ccc3c2)cc1. The van der Waals surface area contributed by atoms with Crippen molar-refractivity contribution in [2.45, 2.75) is 23.7 Å². The Hall–Kier alpha value is -1.98. The molecular weight excluding hydrogens is 351 g/mol. The summed E-state index contributed by atoms with van der Waals surface area (Å²) in [4.78, 5) is 1.12. The van der Waals surface area contributed by atoms with Gasteiger partial charge >= 0.3 is 0 Å². The lowest BCUT2D eigenvalue weighted by atomic mass is 10.1. The van der Waals surface area contributed by atoms with Gasteiger partial charge in [-0.2, -0.15) is 0 Å². The second kappa shape index (κ2) is 7.93. The van der Waals surface area contributed by atoms with E-state index >= 15 is 0 Å². The summed E-state index contributed by atoms with van der Waals surface area (Å²) in [7, 11) is 0.741. The predicted octanol–water partition coefficient (Wildman–Crippen LogP) is 5.91. The van der Waals surface area contributed by atoms with E-state index in [9.17, 15) is 4.39 Å². The van der Waals surface area contributed by atoms with Crippen LogP contribution in [0, 0.1) is 5.82 Å². The first-order valence-electron chi connectivity index (χ1n) is 8.02. The van der Waals surface area contributed by atoms with Gasteiger partial charge in [0.15, 0.2) is 0 Å². The first kappa shape index (κ1) is 17.8. The molecule has 0 saturated heterocycles. The Morgan fingerprint density at radius 3 is 2.44 bits per heavy atom. The van der Waals surface area contributed by atoms with E-state index < -0.39 is 9.04 Å². The van der Waals surface area contributed by atoms with Gasteiger partial charge in [-0.1, -0.05) is 18.2 Å². The highest BCUT2D eigenvalue weighted by Gasteiger charge is 2.10. The number of ether oxygens (including phenoxy) is 1. The van der Waals surface area contributed by atoms with E-state index in [2.05, 4.69) is 31.3 Å². The van der Waals surface area contributed by atoms with Crippen molar-refractivity contribution in [2.75, 3.05) is 7.11 Å². The van der Waals surface area contributed by atoms with Crippen LogP contribution in [-0.2, 0) is 5.75 Å². The number of hydrogen-bond donors (Lipinski definition) is 0. The third-order valence-electron chi connectivity index (χ3n) is 3.73. The molecule has 129 valence electrons. The Morgan fingerprint density at radius 1 is 1.00 bits per heavy atom. The zero-order valence-electron chi connectivity index (χ0n) is 14.5. The van der Waals surface area contributed by atoms with Gasteiger partial charge in [-0.15, -0.1) is 11.8 Å². The van der Waals surface area contributed by atoms with E-state index in [0.29, 0.717) is 0 Å². The van der Waals surface area contributed by atoms with Crippen molar-refractivity contribution in [3.05, 3.63) is 66.0 Å². The second-order valence-electron chi connectivity index (χ2n) is 5.93. The minimum atomic E-state index is -0.926. The molecule has 0 spiro atoms. The van der Waals surface area contributed by atoms with Crippen LogP contribution in [0.1, 0.15) is 5.56 Å². The van der Waals surface area contributed by atoms with Crippen molar-refractivity contribution < 1.29 is 13.6 Å². The van der Waals surface area contributed by atoms with Crippen LogP contribution in [0.25, 0.3) is 10.8 Å². The molecule has 0 aliphatic carbocycles. The molecule has 0 aliphatic heterocycles. The van der Waals surface area contributed by atoms with E-state index in [-0.39, 0.29) is 5.82 Å². The molecule has 3 aromatic carbocycles. The highest BCUT2D eigenvalue weighted by atomic mass is 32.2. The zero-order valence-corrected chi connectivity index (χ0v) is 16.3. The largest absolute Gasteiger partial charge is 0.542 e. The molecule has 0 heterocycles. The van der Waals surface area contributed by atoms with Crippen molar-refractivity contribution in [1.29, 1.82) is 0 Å². The van der Waals surface area contributed by atoms with Gasteiger partial charge in [-0.3, -0.25) is 0 Å². The lowest BCUT2D eigenvalue weighted by molar-refractivity contribution is 0.414. The highest BCUT2D eigenvalue weighted by Crippen LogP contribution is 2.34. The smallest absolute Gasteiger partial charge is 0.274 e. The zero-order chi connectivity index (χ0) is 17.8. The predicted molar refractivity (Wildman–Crippen MR) is 105 cm³/mol. The number of methoxy groups -OCH3 is 1. The fraction of sp³-hybridized carbons (Fsp3) is 0.200. The lowest BCUT2D eigenvalue weighted by Crippen LogP contribution is -2.11. The standard InChI is InChI=1S/C20H20FO2SSi/c1-22-17-8-4-14(5-9-17)13-24-18-10-15-6-7-16(21)11-19(15)20(12-18)23-25(2)3/h4-12H,13H2,1-3H3. The first-order valence-corrected chi connectivity index (χ1v) is 11.4. The van der Waals surface area contributed by atoms with Crippen LogP contribution in [0.5, 0.6) is 11.5 Å². The topological polar surface area (TPSA) is 18.5 Å². The van der Waals surface area contributed by atoms with Crippen molar-refractivity contribution in [3.63, 3.8) is 0 Å². The van der Waals surface area contributed by atoms with Gasteiger partial charge in [0.2, 0.25) is 0 Å². The van der Waals surface area contributed by atoms with Gasteiger partial charge in [0, 0.05) is 16.0 Å². The van der Waals surface area contributed by atoms with E-state index in [4.69, 9.17) is 9.16 Å². The van der Waals surface area contributed by atoms with Crippen LogP contribution in [-0.4, -0.2) is 16.2 Å². The average Bonchev–Trinajstić information content (AvgIpc) is 2.60. The Morgan fingerprint density at radius 2 is 1.76 bits per heavy atom. The molecule has 3 aromatic rings. The molecule has 0 fully saturated rings. The molecule has 3 rings (SSSR count). The summed E-state index contributed by atoms with van der Waals surface area (Å²) < 4.78 is 24.8. The summed E-state index contributed by atoms with van der Waals surface area (Å²) in [6.45, 7) is 4.15. The minimum absolute atomic E-state index is 0.239. The molecular formula is C20H20FO2SSi. The van der Waals surface area contributed by atoms with E-state index in [1.807, 2.05) is 24.3 Å². The van der Waals surface area contributed by atoms with Crippen LogP contribution in [0.15, 0.2) is 59.5 Å². The van der Waals surface area contributed by atoms with Crippen molar-refractivity contribution in [2.24, 2.45) is 0 Å². The Bertz CT molecular complexity index is 865. The minimum Gasteiger partial charge on any atom is -0.542 e. The molecule has 0 bridgehead atoms. The number of hydrogen-bond acceptors (Lipinski definition) is 3. The monoisotopic (exact) mass is 371 g/mol. The van der Waals surface area contributed by atoms with Crippen LogP contribution in [0.4, 0.5) is 4.39 Å². The summed E-state index contributed by atoms with van der Waals surface area (Å²) in [5.74, 6) is 2.24. The number of fused-ring (bicyclic) bond motifs is 1. The summed E-state index contributed by atoms with van der Waals surface area (Å²) >= 11 is 1.74. The average molecular weight is 372 g/mol. The molecule has 25 heavy (non-hydrogen) atoms. The molecule has 1 radical (unpaired) electrons. The highest BCUT2D eigenvalue weighted by molar-refractivity contribution is 7.98. The van der Waals surface area contributed by atoms with Crippen molar-refractivity contribution >= 4 is 31.6 Å². The summed E-state index contributed by atoms with van der Waals surface area (Å²) in [5, 5.41) is 1.83. The maximum atomic E-state index is 13.6. The Balaban J connectivity index is 1.86. The number of benzene rings is 3. The molecule has 0 amide bonds. The number of halogens is 1. The van der Waals surface area contributed by atoms with Crippen molar-refractivity contribution in [3.8, 4) is 11.5 Å². The summed E-state index contributed by atoms with van der Waals surface area (Å²) in [5.41, 5.74) is 1.23. The van der Waals surface area contributed by atoms with Gasteiger partial charge < -0.3 is 9.16 Å². The fourth-order valence-corrected chi connectivity index (χ4v) is 4.08. The molecule has 0 atom stereocenters. The molecule has 0 aliphatic rings. The number of rotatable bonds is 6. The third-order valence-corrected chi connectivity index (χ3v) is 5.41. The third kappa shape index (κ3) is 4.55. The van der Waals surface area contributed by atoms with Crippen LogP contribution >= 0.6 is 11.8 Å². The normalized spacial score (nSPS) is 11.1. The lowest BCUT2D eigenvalue weighted by Gasteiger charge is -2.14. The van der Waals surface area contributed by atoms with Gasteiger partial charge in [-0.05, 0) is 60.4 Å². The molecule has 2 nitrogen and oxygen atoms in total. The molecule has 0 unspecified atom stereocenters. The quantitative estimate of drug-likeness (QED) is 0.396. The molecule has 5 heteroatoms. The second-order valence-corrected chi connectivity index (χ2v) is 9.00. The Labute approximate surface area is 153 Å². The van der Waals surface area contributed by atoms with Crippen LogP contribution in [0.2, 0.25) is 13.1 Å². The number of thioether (sulfide) groups is 1.